The number of nitrogens with one attached hydrogen (secondary N) is 1. The van der Waals surface area contributed by atoms with E-state index in [9.17, 15) is 19.2 Å². The Bertz CT molecular complexity index is 378. The summed E-state index contributed by atoms with van der Waals surface area (Å²) < 4.78 is 0. The van der Waals surface area contributed by atoms with Gasteiger partial charge in [0.15, 0.2) is 0 Å². The second-order valence-electron chi connectivity index (χ2n) is 4.60. The van der Waals surface area contributed by atoms with Crippen molar-refractivity contribution >= 4 is 23.7 Å². The highest BCUT2D eigenvalue weighted by atomic mass is 16.7. The fourth-order valence-corrected chi connectivity index (χ4v) is 1.71. The highest BCUT2D eigenvalue weighted by Crippen LogP contribution is 2.12. The zero-order valence-corrected chi connectivity index (χ0v) is 11.6. The van der Waals surface area contributed by atoms with E-state index in [0.29, 0.717) is 11.6 Å². The smallest absolute Gasteiger partial charge is 0.333 e. The van der Waals surface area contributed by atoms with Crippen LogP contribution in [0.3, 0.4) is 0 Å². The van der Waals surface area contributed by atoms with Crippen molar-refractivity contribution in [3.05, 3.63) is 0 Å². The van der Waals surface area contributed by atoms with Crippen molar-refractivity contribution in [1.29, 1.82) is 0 Å². The van der Waals surface area contributed by atoms with Crippen molar-refractivity contribution in [2.45, 2.75) is 51.9 Å². The molecule has 1 aliphatic heterocycles. The number of carbonyl (C=O) groups is 4. The average Bonchev–Trinajstić information content (AvgIpc) is 2.73. The molecular weight excluding hydrogens is 264 g/mol. The first-order valence-electron chi connectivity index (χ1n) is 6.88. The van der Waals surface area contributed by atoms with Gasteiger partial charge < -0.3 is 10.2 Å². The molecule has 3 amide bonds. The minimum atomic E-state index is -0.752. The van der Waals surface area contributed by atoms with E-state index < -0.39 is 17.8 Å². The van der Waals surface area contributed by atoms with Gasteiger partial charge in [0, 0.05) is 25.8 Å². The summed E-state index contributed by atoms with van der Waals surface area (Å²) in [6.45, 7) is 2.66. The van der Waals surface area contributed by atoms with E-state index in [4.69, 9.17) is 0 Å². The zero-order chi connectivity index (χ0) is 15.0. The predicted molar refractivity (Wildman–Crippen MR) is 68.9 cm³/mol. The summed E-state index contributed by atoms with van der Waals surface area (Å²) in [5, 5.41) is 3.18. The summed E-state index contributed by atoms with van der Waals surface area (Å²) in [7, 11) is 0. The van der Waals surface area contributed by atoms with Crippen LogP contribution in [0, 0.1) is 0 Å². The van der Waals surface area contributed by atoms with E-state index in [1.54, 1.807) is 0 Å². The van der Waals surface area contributed by atoms with Crippen molar-refractivity contribution in [2.75, 3.05) is 6.54 Å². The minimum absolute atomic E-state index is 0.0127. The molecule has 1 N–H and O–H groups in total. The topological polar surface area (TPSA) is 92.8 Å². The van der Waals surface area contributed by atoms with E-state index in [2.05, 4.69) is 17.1 Å². The molecule has 0 aromatic carbocycles. The normalized spacial score (nSPS) is 14.6. The van der Waals surface area contributed by atoms with Crippen LogP contribution in [0.15, 0.2) is 0 Å². The molecule has 0 aromatic rings. The molecular formula is C13H20N2O5. The van der Waals surface area contributed by atoms with Gasteiger partial charge in [0.05, 0.1) is 6.42 Å². The Morgan fingerprint density at radius 3 is 2.40 bits per heavy atom. The molecule has 1 heterocycles. The van der Waals surface area contributed by atoms with Gasteiger partial charge in [0.1, 0.15) is 0 Å². The Hall–Kier alpha value is -1.92. The molecule has 112 valence electrons. The maximum Gasteiger partial charge on any atom is 0.333 e. The molecule has 0 bridgehead atoms. The number of imide groups is 1. The van der Waals surface area contributed by atoms with E-state index in [1.165, 1.54) is 0 Å². The second kappa shape index (κ2) is 8.29. The summed E-state index contributed by atoms with van der Waals surface area (Å²) in [5.41, 5.74) is 0. The standard InChI is InChI=1S/C13H20N2O5/c1-2-3-4-9-14-10(16)5-8-13(19)20-15-11(17)6-7-12(15)18/h2-9H2,1H3,(H,14,16). The van der Waals surface area contributed by atoms with Crippen molar-refractivity contribution in [2.24, 2.45) is 0 Å². The minimum Gasteiger partial charge on any atom is -0.356 e. The van der Waals surface area contributed by atoms with Gasteiger partial charge in [-0.15, -0.1) is 5.06 Å². The maximum atomic E-state index is 11.4. The summed E-state index contributed by atoms with van der Waals surface area (Å²) in [6.07, 6.45) is 2.97. The number of unbranched alkanes of at least 4 members (excludes halogenated alkanes) is 2. The van der Waals surface area contributed by atoms with Crippen LogP contribution in [0.2, 0.25) is 0 Å². The van der Waals surface area contributed by atoms with Crippen LogP contribution in [-0.2, 0) is 24.0 Å². The number of hydroxylamine groups is 2. The van der Waals surface area contributed by atoms with Crippen LogP contribution < -0.4 is 5.32 Å². The Balaban J connectivity index is 2.18. The molecule has 7 nitrogen and oxygen atoms in total. The fourth-order valence-electron chi connectivity index (χ4n) is 1.71. The Morgan fingerprint density at radius 2 is 1.80 bits per heavy atom. The lowest BCUT2D eigenvalue weighted by atomic mass is 10.2. The van der Waals surface area contributed by atoms with Gasteiger partial charge in [0.25, 0.3) is 11.8 Å². The van der Waals surface area contributed by atoms with Crippen LogP contribution in [0.4, 0.5) is 0 Å². The van der Waals surface area contributed by atoms with E-state index in [-0.39, 0.29) is 31.6 Å². The molecule has 1 rings (SSSR count). The number of nitrogens with zero attached hydrogens (tertiary/aromatic N) is 1. The SMILES string of the molecule is CCCCCNC(=O)CCC(=O)ON1C(=O)CCC1=O. The molecule has 1 saturated heterocycles. The molecule has 1 fully saturated rings. The molecule has 0 atom stereocenters. The second-order valence-corrected chi connectivity index (χ2v) is 4.60. The first kappa shape index (κ1) is 16.1. The summed E-state index contributed by atoms with van der Waals surface area (Å²) in [5.74, 6) is -2.03. The van der Waals surface area contributed by atoms with Gasteiger partial charge in [-0.2, -0.15) is 0 Å². The van der Waals surface area contributed by atoms with Crippen LogP contribution in [0.1, 0.15) is 51.9 Å². The predicted octanol–water partition coefficient (Wildman–Crippen LogP) is 0.680. The van der Waals surface area contributed by atoms with Gasteiger partial charge in [-0.25, -0.2) is 4.79 Å². The third kappa shape index (κ3) is 5.38. The highest BCUT2D eigenvalue weighted by molar-refractivity contribution is 6.01. The first-order chi connectivity index (χ1) is 9.54. The lowest BCUT2D eigenvalue weighted by molar-refractivity contribution is -0.197. The Labute approximate surface area is 117 Å². The van der Waals surface area contributed by atoms with Gasteiger partial charge >= 0.3 is 5.97 Å². The largest absolute Gasteiger partial charge is 0.356 e. The van der Waals surface area contributed by atoms with Crippen LogP contribution >= 0.6 is 0 Å². The molecule has 0 saturated carbocycles. The van der Waals surface area contributed by atoms with Crippen LogP contribution in [-0.4, -0.2) is 35.3 Å². The van der Waals surface area contributed by atoms with Crippen molar-refractivity contribution in [3.63, 3.8) is 0 Å². The molecule has 0 radical (unpaired) electrons. The molecule has 0 aromatic heterocycles. The summed E-state index contributed by atoms with van der Waals surface area (Å²) in [4.78, 5) is 49.9. The van der Waals surface area contributed by atoms with Gasteiger partial charge in [-0.1, -0.05) is 19.8 Å². The van der Waals surface area contributed by atoms with Gasteiger partial charge in [-0.05, 0) is 6.42 Å². The van der Waals surface area contributed by atoms with E-state index >= 15 is 0 Å². The maximum absolute atomic E-state index is 11.4. The van der Waals surface area contributed by atoms with Crippen molar-refractivity contribution < 1.29 is 24.0 Å². The number of carbonyl (C=O) groups excluding carboxylic acids is 4. The zero-order valence-electron chi connectivity index (χ0n) is 11.6. The third-order valence-corrected chi connectivity index (χ3v) is 2.86. The Morgan fingerprint density at radius 1 is 1.15 bits per heavy atom. The fraction of sp³-hybridized carbons (Fsp3) is 0.692. The number of hydrogen-bond acceptors (Lipinski definition) is 5. The summed E-state index contributed by atoms with van der Waals surface area (Å²) >= 11 is 0. The molecule has 0 unspecified atom stereocenters. The molecule has 7 heteroatoms. The number of amides is 3. The lowest BCUT2D eigenvalue weighted by Crippen LogP contribution is -2.32. The molecule has 1 aliphatic rings. The van der Waals surface area contributed by atoms with Crippen molar-refractivity contribution in [3.8, 4) is 0 Å². The van der Waals surface area contributed by atoms with Gasteiger partial charge in [-0.3, -0.25) is 14.4 Å². The first-order valence-corrected chi connectivity index (χ1v) is 6.88. The van der Waals surface area contributed by atoms with E-state index in [0.717, 1.165) is 19.3 Å². The van der Waals surface area contributed by atoms with Gasteiger partial charge in [0.2, 0.25) is 5.91 Å². The average molecular weight is 284 g/mol. The quantitative estimate of drug-likeness (QED) is 0.522. The monoisotopic (exact) mass is 284 g/mol. The number of rotatable bonds is 8. The lowest BCUT2D eigenvalue weighted by Gasteiger charge is -2.12. The van der Waals surface area contributed by atoms with E-state index in [1.807, 2.05) is 0 Å². The highest BCUT2D eigenvalue weighted by Gasteiger charge is 2.32. The summed E-state index contributed by atoms with van der Waals surface area (Å²) in [6, 6.07) is 0. The molecule has 20 heavy (non-hydrogen) atoms. The van der Waals surface area contributed by atoms with Crippen molar-refractivity contribution in [1.82, 2.24) is 10.4 Å². The third-order valence-electron chi connectivity index (χ3n) is 2.86. The van der Waals surface area contributed by atoms with Crippen LogP contribution in [0.25, 0.3) is 0 Å². The molecule has 0 aliphatic carbocycles. The number of hydrogen-bond donors (Lipinski definition) is 1. The Kier molecular flexibility index (Phi) is 6.69. The molecule has 0 spiro atoms. The van der Waals surface area contributed by atoms with Crippen LogP contribution in [0.5, 0.6) is 0 Å².